The molecule has 0 spiro atoms. The lowest BCUT2D eigenvalue weighted by Gasteiger charge is -2.06. The Balaban J connectivity index is 3.34. The Hall–Kier alpha value is -0.790. The lowest BCUT2D eigenvalue weighted by Crippen LogP contribution is -2.12. The van der Waals surface area contributed by atoms with Crippen molar-refractivity contribution in [3.8, 4) is 0 Å². The highest BCUT2D eigenvalue weighted by Gasteiger charge is 2.12. The number of hydrogen-bond donors (Lipinski definition) is 3. The molecule has 15 heavy (non-hydrogen) atoms. The first kappa shape index (κ1) is 12.3. The van der Waals surface area contributed by atoms with Crippen LogP contribution in [0.4, 0.5) is 5.69 Å². The number of amides is 1. The Morgan fingerprint density at radius 2 is 2.07 bits per heavy atom. The Labute approximate surface area is 101 Å². The second-order valence-electron chi connectivity index (χ2n) is 2.55. The lowest BCUT2D eigenvalue weighted by atomic mass is 10.2. The van der Waals surface area contributed by atoms with Crippen LogP contribution in [0.3, 0.4) is 0 Å². The molecule has 0 aliphatic carbocycles. The molecule has 0 aromatic heterocycles. The average Bonchev–Trinajstić information content (AvgIpc) is 2.09. The second kappa shape index (κ2) is 4.82. The number of rotatable bonds is 3. The quantitative estimate of drug-likeness (QED) is 0.731. The number of nitrogens with one attached hydrogen (secondary N) is 1. The number of anilines is 1. The summed E-state index contributed by atoms with van der Waals surface area (Å²) in [5, 5.41) is -0.0232. The third-order valence-corrected chi connectivity index (χ3v) is 2.80. The number of thiol groups is 1. The van der Waals surface area contributed by atoms with Crippen molar-refractivity contribution in [2.24, 2.45) is 5.73 Å². The van der Waals surface area contributed by atoms with Crippen molar-refractivity contribution in [1.29, 1.82) is 0 Å². The fourth-order valence-electron chi connectivity index (χ4n) is 0.948. The zero-order chi connectivity index (χ0) is 11.6. The van der Waals surface area contributed by atoms with Crippen LogP contribution >= 0.6 is 27.5 Å². The first-order valence-corrected chi connectivity index (χ1v) is 5.96. The predicted octanol–water partition coefficient (Wildman–Crippen LogP) is 1.14. The van der Waals surface area contributed by atoms with E-state index in [4.69, 9.17) is 17.3 Å². The normalized spacial score (nSPS) is 10.3. The summed E-state index contributed by atoms with van der Waals surface area (Å²) in [5.41, 5.74) is 5.21. The largest absolute Gasteiger partial charge is 0.366 e. The maximum absolute atomic E-state index is 11.0. The molecule has 0 fully saturated rings. The monoisotopic (exact) mass is 312 g/mol. The molecule has 0 heterocycles. The van der Waals surface area contributed by atoms with Gasteiger partial charge in [0.1, 0.15) is 0 Å². The molecule has 0 bridgehead atoms. The van der Waals surface area contributed by atoms with Gasteiger partial charge in [-0.1, -0.05) is 27.5 Å². The minimum atomic E-state index is -2.84. The van der Waals surface area contributed by atoms with E-state index in [-0.39, 0.29) is 16.3 Å². The number of primary amides is 1. The van der Waals surface area contributed by atoms with Gasteiger partial charge in [-0.3, -0.25) is 9.52 Å². The second-order valence-corrected chi connectivity index (χ2v) is 4.58. The molecule has 1 aromatic rings. The van der Waals surface area contributed by atoms with Crippen molar-refractivity contribution in [1.82, 2.24) is 0 Å². The van der Waals surface area contributed by atoms with Crippen molar-refractivity contribution in [3.63, 3.8) is 0 Å². The first-order chi connectivity index (χ1) is 6.91. The van der Waals surface area contributed by atoms with Crippen LogP contribution in [0.5, 0.6) is 0 Å². The van der Waals surface area contributed by atoms with Gasteiger partial charge in [0.2, 0.25) is 16.8 Å². The van der Waals surface area contributed by atoms with Crippen molar-refractivity contribution in [2.75, 3.05) is 4.72 Å². The SMILES string of the molecule is NC(=O)c1cc(Br)cc(N[SH](=O)=O)c1Cl. The van der Waals surface area contributed by atoms with Gasteiger partial charge in [-0.25, -0.2) is 8.42 Å². The van der Waals surface area contributed by atoms with E-state index in [1.807, 2.05) is 0 Å². The van der Waals surface area contributed by atoms with Crippen LogP contribution in [-0.4, -0.2) is 14.3 Å². The number of nitrogens with two attached hydrogens (primary N) is 1. The van der Waals surface area contributed by atoms with Gasteiger partial charge in [-0.15, -0.1) is 0 Å². The molecule has 0 saturated heterocycles. The summed E-state index contributed by atoms with van der Waals surface area (Å²) in [6.45, 7) is 0. The number of benzene rings is 1. The predicted molar refractivity (Wildman–Crippen MR) is 61.6 cm³/mol. The third kappa shape index (κ3) is 3.08. The molecule has 0 aliphatic heterocycles. The smallest absolute Gasteiger partial charge is 0.250 e. The molecule has 0 aliphatic rings. The van der Waals surface area contributed by atoms with E-state index >= 15 is 0 Å². The van der Waals surface area contributed by atoms with Crippen molar-refractivity contribution in [2.45, 2.75) is 0 Å². The Bertz CT molecular complexity index is 481. The fraction of sp³-hybridized carbons (Fsp3) is 0. The van der Waals surface area contributed by atoms with E-state index in [1.165, 1.54) is 12.1 Å². The summed E-state index contributed by atoms with van der Waals surface area (Å²) in [7, 11) is -2.84. The number of hydrogen-bond acceptors (Lipinski definition) is 3. The van der Waals surface area contributed by atoms with Gasteiger partial charge in [-0.2, -0.15) is 0 Å². The Morgan fingerprint density at radius 1 is 1.47 bits per heavy atom. The van der Waals surface area contributed by atoms with Gasteiger partial charge in [0.25, 0.3) is 0 Å². The summed E-state index contributed by atoms with van der Waals surface area (Å²) in [5.74, 6) is -0.731. The molecule has 8 heteroatoms. The Morgan fingerprint density at radius 3 is 2.53 bits per heavy atom. The third-order valence-electron chi connectivity index (χ3n) is 1.51. The molecule has 1 rings (SSSR count). The molecule has 0 radical (unpaired) electrons. The van der Waals surface area contributed by atoms with Crippen LogP contribution in [0.2, 0.25) is 5.02 Å². The zero-order valence-corrected chi connectivity index (χ0v) is 10.4. The van der Waals surface area contributed by atoms with Gasteiger partial charge in [-0.05, 0) is 12.1 Å². The number of halogens is 2. The van der Waals surface area contributed by atoms with Crippen LogP contribution in [-0.2, 0) is 10.9 Å². The zero-order valence-electron chi connectivity index (χ0n) is 7.16. The minimum Gasteiger partial charge on any atom is -0.366 e. The summed E-state index contributed by atoms with van der Waals surface area (Å²) in [6, 6.07) is 2.84. The van der Waals surface area contributed by atoms with Crippen LogP contribution in [0.15, 0.2) is 16.6 Å². The highest BCUT2D eigenvalue weighted by Crippen LogP contribution is 2.30. The van der Waals surface area contributed by atoms with E-state index in [1.54, 1.807) is 0 Å². The maximum Gasteiger partial charge on any atom is 0.250 e. The summed E-state index contributed by atoms with van der Waals surface area (Å²) >= 11 is 8.87. The van der Waals surface area contributed by atoms with E-state index in [0.717, 1.165) is 0 Å². The van der Waals surface area contributed by atoms with Gasteiger partial charge in [0.15, 0.2) is 0 Å². The number of carbonyl (C=O) groups excluding carboxylic acids is 1. The molecule has 1 amide bonds. The van der Waals surface area contributed by atoms with E-state index in [2.05, 4.69) is 20.7 Å². The van der Waals surface area contributed by atoms with Crippen LogP contribution in [0.1, 0.15) is 10.4 Å². The van der Waals surface area contributed by atoms with E-state index < -0.39 is 16.8 Å². The van der Waals surface area contributed by atoms with Crippen LogP contribution in [0, 0.1) is 0 Å². The van der Waals surface area contributed by atoms with Crippen molar-refractivity contribution >= 4 is 50.0 Å². The molecule has 82 valence electrons. The average molecular weight is 314 g/mol. The van der Waals surface area contributed by atoms with Gasteiger partial charge in [0, 0.05) is 4.47 Å². The molecule has 0 atom stereocenters. The molecule has 0 saturated carbocycles. The fourth-order valence-corrected chi connectivity index (χ4v) is 2.09. The summed E-state index contributed by atoms with van der Waals surface area (Å²) in [6.07, 6.45) is 0. The minimum absolute atomic E-state index is 0.0232. The topological polar surface area (TPSA) is 89.3 Å². The molecule has 0 unspecified atom stereocenters. The molecule has 5 nitrogen and oxygen atoms in total. The highest BCUT2D eigenvalue weighted by molar-refractivity contribution is 9.10. The van der Waals surface area contributed by atoms with E-state index in [9.17, 15) is 13.2 Å². The number of carbonyl (C=O) groups is 1. The van der Waals surface area contributed by atoms with Crippen LogP contribution < -0.4 is 10.5 Å². The summed E-state index contributed by atoms with van der Waals surface area (Å²) in [4.78, 5) is 11.0. The highest BCUT2D eigenvalue weighted by atomic mass is 79.9. The van der Waals surface area contributed by atoms with E-state index in [0.29, 0.717) is 4.47 Å². The van der Waals surface area contributed by atoms with Gasteiger partial charge in [0.05, 0.1) is 16.3 Å². The molecular formula is C7H6BrClN2O3S. The van der Waals surface area contributed by atoms with Crippen molar-refractivity contribution < 1.29 is 13.2 Å². The van der Waals surface area contributed by atoms with Crippen LogP contribution in [0.25, 0.3) is 0 Å². The first-order valence-electron chi connectivity index (χ1n) is 3.61. The summed E-state index contributed by atoms with van der Waals surface area (Å²) < 4.78 is 23.5. The van der Waals surface area contributed by atoms with Gasteiger partial charge < -0.3 is 5.73 Å². The van der Waals surface area contributed by atoms with Crippen molar-refractivity contribution in [3.05, 3.63) is 27.2 Å². The molecule has 3 N–H and O–H groups in total. The molecular weight excluding hydrogens is 308 g/mol. The lowest BCUT2D eigenvalue weighted by molar-refractivity contribution is 0.100. The molecule has 1 aromatic carbocycles. The van der Waals surface area contributed by atoms with Gasteiger partial charge >= 0.3 is 0 Å². The maximum atomic E-state index is 11.0. The Kier molecular flexibility index (Phi) is 3.95. The standard InChI is InChI=1S/C7H6BrClN2O3S/c8-3-1-4(7(10)12)6(9)5(2-3)11-15(13)14/h1-2,15H,(H2,10,12)(H,11,13,14).